The van der Waals surface area contributed by atoms with Crippen LogP contribution in [0.15, 0.2) is 47.4 Å². The minimum absolute atomic E-state index is 0.131. The Hall–Kier alpha value is -2.38. The number of hydrogen-bond donors (Lipinski definition) is 2. The molecule has 7 heteroatoms. The van der Waals surface area contributed by atoms with E-state index in [1.165, 1.54) is 13.1 Å². The van der Waals surface area contributed by atoms with Gasteiger partial charge in [0, 0.05) is 12.1 Å². The molecule has 0 atom stereocenters. The number of aryl methyl sites for hydroxylation is 1. The van der Waals surface area contributed by atoms with Gasteiger partial charge in [0.2, 0.25) is 10.0 Å². The number of para-hydroxylation sites is 1. The minimum atomic E-state index is -3.61. The lowest BCUT2D eigenvalue weighted by Gasteiger charge is -2.12. The molecule has 0 aliphatic rings. The molecule has 0 saturated carbocycles. The van der Waals surface area contributed by atoms with E-state index in [-0.39, 0.29) is 10.8 Å². The molecule has 0 radical (unpaired) electrons. The molecular formula is C20H26N2O4S. The summed E-state index contributed by atoms with van der Waals surface area (Å²) >= 11 is 0. The van der Waals surface area contributed by atoms with Gasteiger partial charge < -0.3 is 10.1 Å². The molecule has 0 saturated heterocycles. The van der Waals surface area contributed by atoms with Gasteiger partial charge in [0.15, 0.2) is 0 Å². The van der Waals surface area contributed by atoms with E-state index in [1.54, 1.807) is 19.9 Å². The van der Waals surface area contributed by atoms with Crippen LogP contribution in [0.2, 0.25) is 0 Å². The Labute approximate surface area is 161 Å². The van der Waals surface area contributed by atoms with Gasteiger partial charge in [-0.05, 0) is 69.1 Å². The lowest BCUT2D eigenvalue weighted by Crippen LogP contribution is -2.26. The average Bonchev–Trinajstić information content (AvgIpc) is 2.67. The highest BCUT2D eigenvalue weighted by atomic mass is 32.2. The van der Waals surface area contributed by atoms with Gasteiger partial charge >= 0.3 is 0 Å². The maximum atomic E-state index is 12.4. The lowest BCUT2D eigenvalue weighted by atomic mass is 10.1. The molecule has 2 rings (SSSR count). The van der Waals surface area contributed by atoms with E-state index in [2.05, 4.69) is 10.0 Å². The SMILES string of the molecule is CNS(=O)(=O)c1cc(C(=O)NCCCCOc2ccccc2)cc(C)c1C. The van der Waals surface area contributed by atoms with Crippen LogP contribution in [-0.2, 0) is 10.0 Å². The molecule has 0 aliphatic heterocycles. The highest BCUT2D eigenvalue weighted by Crippen LogP contribution is 2.21. The van der Waals surface area contributed by atoms with Gasteiger partial charge in [0.05, 0.1) is 11.5 Å². The van der Waals surface area contributed by atoms with Crippen molar-refractivity contribution in [2.24, 2.45) is 0 Å². The summed E-state index contributed by atoms with van der Waals surface area (Å²) in [6, 6.07) is 12.7. The topological polar surface area (TPSA) is 84.5 Å². The highest BCUT2D eigenvalue weighted by molar-refractivity contribution is 7.89. The molecule has 0 heterocycles. The smallest absolute Gasteiger partial charge is 0.251 e. The molecule has 0 spiro atoms. The third kappa shape index (κ3) is 5.80. The van der Waals surface area contributed by atoms with Crippen LogP contribution in [0.25, 0.3) is 0 Å². The fourth-order valence-corrected chi connectivity index (χ4v) is 3.65. The first-order valence-electron chi connectivity index (χ1n) is 8.86. The Bertz CT molecular complexity index is 880. The standard InChI is InChI=1S/C20H26N2O4S/c1-15-13-17(14-19(16(15)2)27(24,25)21-3)20(23)22-11-7-8-12-26-18-9-5-4-6-10-18/h4-6,9-10,13-14,21H,7-8,11-12H2,1-3H3,(H,22,23). The average molecular weight is 391 g/mol. The Morgan fingerprint density at radius 3 is 2.44 bits per heavy atom. The van der Waals surface area contributed by atoms with Crippen molar-refractivity contribution >= 4 is 15.9 Å². The summed E-state index contributed by atoms with van der Waals surface area (Å²) in [5.74, 6) is 0.546. The Morgan fingerprint density at radius 2 is 1.78 bits per heavy atom. The predicted octanol–water partition coefficient (Wildman–Crippen LogP) is 2.80. The fourth-order valence-electron chi connectivity index (χ4n) is 2.58. The summed E-state index contributed by atoms with van der Waals surface area (Å²) in [7, 11) is -2.26. The van der Waals surface area contributed by atoms with Crippen molar-refractivity contribution in [1.29, 1.82) is 0 Å². The van der Waals surface area contributed by atoms with E-state index in [0.29, 0.717) is 24.3 Å². The summed E-state index contributed by atoms with van der Waals surface area (Å²) in [4.78, 5) is 12.5. The first-order valence-corrected chi connectivity index (χ1v) is 10.3. The zero-order chi connectivity index (χ0) is 19.9. The third-order valence-electron chi connectivity index (χ3n) is 4.31. The first kappa shape index (κ1) is 20.9. The van der Waals surface area contributed by atoms with Crippen molar-refractivity contribution in [3.63, 3.8) is 0 Å². The number of amides is 1. The van der Waals surface area contributed by atoms with E-state index in [1.807, 2.05) is 30.3 Å². The van der Waals surface area contributed by atoms with Crippen molar-refractivity contribution in [2.75, 3.05) is 20.2 Å². The molecule has 2 aromatic rings. The number of benzene rings is 2. The van der Waals surface area contributed by atoms with Crippen LogP contribution >= 0.6 is 0 Å². The molecule has 6 nitrogen and oxygen atoms in total. The number of hydrogen-bond acceptors (Lipinski definition) is 4. The van der Waals surface area contributed by atoms with Gasteiger partial charge in [-0.25, -0.2) is 13.1 Å². The zero-order valence-electron chi connectivity index (χ0n) is 15.9. The summed E-state index contributed by atoms with van der Waals surface area (Å²) < 4.78 is 32.2. The van der Waals surface area contributed by atoms with E-state index >= 15 is 0 Å². The molecule has 0 aliphatic carbocycles. The molecular weight excluding hydrogens is 364 g/mol. The number of carbonyl (C=O) groups excluding carboxylic acids is 1. The van der Waals surface area contributed by atoms with Gasteiger partial charge in [0.1, 0.15) is 5.75 Å². The van der Waals surface area contributed by atoms with Gasteiger partial charge in [-0.1, -0.05) is 18.2 Å². The second-order valence-electron chi connectivity index (χ2n) is 6.25. The molecule has 146 valence electrons. The molecule has 0 aromatic heterocycles. The van der Waals surface area contributed by atoms with Crippen LogP contribution in [0, 0.1) is 13.8 Å². The summed E-state index contributed by atoms with van der Waals surface area (Å²) in [6.07, 6.45) is 1.58. The van der Waals surface area contributed by atoms with Gasteiger partial charge in [0.25, 0.3) is 5.91 Å². The van der Waals surface area contributed by atoms with Gasteiger partial charge in [-0.15, -0.1) is 0 Å². The largest absolute Gasteiger partial charge is 0.494 e. The number of sulfonamides is 1. The molecule has 2 aromatic carbocycles. The molecule has 0 bridgehead atoms. The van der Waals surface area contributed by atoms with E-state index in [9.17, 15) is 13.2 Å². The molecule has 1 amide bonds. The maximum Gasteiger partial charge on any atom is 0.251 e. The van der Waals surface area contributed by atoms with Crippen molar-refractivity contribution in [1.82, 2.24) is 10.0 Å². The predicted molar refractivity (Wildman–Crippen MR) is 106 cm³/mol. The number of carbonyl (C=O) groups is 1. The third-order valence-corrected chi connectivity index (χ3v) is 5.85. The normalized spacial score (nSPS) is 11.2. The summed E-state index contributed by atoms with van der Waals surface area (Å²) in [5.41, 5.74) is 1.74. The second kappa shape index (κ2) is 9.53. The highest BCUT2D eigenvalue weighted by Gasteiger charge is 2.19. The van der Waals surface area contributed by atoms with Crippen molar-refractivity contribution in [2.45, 2.75) is 31.6 Å². The molecule has 2 N–H and O–H groups in total. The Balaban J connectivity index is 1.87. The van der Waals surface area contributed by atoms with E-state index < -0.39 is 10.0 Å². The van der Waals surface area contributed by atoms with Crippen LogP contribution < -0.4 is 14.8 Å². The number of nitrogens with one attached hydrogen (secondary N) is 2. The quantitative estimate of drug-likeness (QED) is 0.645. The maximum absolute atomic E-state index is 12.4. The van der Waals surface area contributed by atoms with Crippen LogP contribution in [-0.4, -0.2) is 34.5 Å². The number of ether oxygens (including phenoxy) is 1. The monoisotopic (exact) mass is 390 g/mol. The van der Waals surface area contributed by atoms with Crippen LogP contribution in [0.5, 0.6) is 5.75 Å². The van der Waals surface area contributed by atoms with Crippen LogP contribution in [0.1, 0.15) is 34.3 Å². The van der Waals surface area contributed by atoms with Crippen LogP contribution in [0.3, 0.4) is 0 Å². The van der Waals surface area contributed by atoms with E-state index in [0.717, 1.165) is 24.2 Å². The van der Waals surface area contributed by atoms with Gasteiger partial charge in [-0.2, -0.15) is 0 Å². The molecule has 0 fully saturated rings. The summed E-state index contributed by atoms with van der Waals surface area (Å²) in [5, 5.41) is 2.83. The fraction of sp³-hybridized carbons (Fsp3) is 0.350. The minimum Gasteiger partial charge on any atom is -0.494 e. The Kier molecular flexibility index (Phi) is 7.38. The zero-order valence-corrected chi connectivity index (χ0v) is 16.7. The molecule has 0 unspecified atom stereocenters. The number of rotatable bonds is 9. The number of unbranched alkanes of at least 4 members (excludes halogenated alkanes) is 1. The lowest BCUT2D eigenvalue weighted by molar-refractivity contribution is 0.0952. The van der Waals surface area contributed by atoms with Crippen LogP contribution in [0.4, 0.5) is 0 Å². The van der Waals surface area contributed by atoms with Gasteiger partial charge in [-0.3, -0.25) is 4.79 Å². The first-order chi connectivity index (χ1) is 12.8. The van der Waals surface area contributed by atoms with Crippen molar-refractivity contribution in [3.05, 3.63) is 59.2 Å². The molecule has 27 heavy (non-hydrogen) atoms. The summed E-state index contributed by atoms with van der Waals surface area (Å²) in [6.45, 7) is 4.60. The van der Waals surface area contributed by atoms with Crippen molar-refractivity contribution < 1.29 is 17.9 Å². The van der Waals surface area contributed by atoms with E-state index in [4.69, 9.17) is 4.74 Å². The van der Waals surface area contributed by atoms with Crippen molar-refractivity contribution in [3.8, 4) is 5.75 Å². The Morgan fingerprint density at radius 1 is 1.07 bits per heavy atom. The second-order valence-corrected chi connectivity index (χ2v) is 8.10.